The zero-order valence-corrected chi connectivity index (χ0v) is 7.92. The molecule has 0 aromatic rings. The molecule has 0 aromatic heterocycles. The summed E-state index contributed by atoms with van der Waals surface area (Å²) in [5, 5.41) is 13.4. The lowest BCUT2D eigenvalue weighted by atomic mass is 9.84. The summed E-state index contributed by atoms with van der Waals surface area (Å²) in [5.74, 6) is 0. The van der Waals surface area contributed by atoms with Gasteiger partial charge in [0.05, 0.1) is 5.60 Å². The van der Waals surface area contributed by atoms with Crippen LogP contribution in [0.1, 0.15) is 12.8 Å². The van der Waals surface area contributed by atoms with Crippen LogP contribution >= 0.6 is 0 Å². The summed E-state index contributed by atoms with van der Waals surface area (Å²) in [5.41, 5.74) is 0.185. The van der Waals surface area contributed by atoms with Crippen molar-refractivity contribution in [2.45, 2.75) is 18.4 Å². The highest BCUT2D eigenvalue weighted by Gasteiger charge is 2.31. The standard InChI is InChI=1S/C11H17NO/c1-3-5-10(4-2)11(13)6-8-12-9-7-11/h3-5,12-13H,1-2,6-9H2/b10-5+. The Balaban J connectivity index is 2.80. The molecular weight excluding hydrogens is 162 g/mol. The van der Waals surface area contributed by atoms with Crippen LogP contribution in [0.4, 0.5) is 0 Å². The van der Waals surface area contributed by atoms with Crippen molar-refractivity contribution >= 4 is 0 Å². The van der Waals surface area contributed by atoms with Crippen LogP contribution in [-0.2, 0) is 0 Å². The first kappa shape index (κ1) is 10.2. The van der Waals surface area contributed by atoms with Crippen LogP contribution in [0.15, 0.2) is 37.0 Å². The number of rotatable bonds is 3. The molecule has 1 heterocycles. The predicted octanol–water partition coefficient (Wildman–Crippen LogP) is 1.40. The Morgan fingerprint density at radius 1 is 1.31 bits per heavy atom. The zero-order chi connectivity index (χ0) is 9.73. The van der Waals surface area contributed by atoms with Crippen LogP contribution in [0.3, 0.4) is 0 Å². The molecule has 0 spiro atoms. The van der Waals surface area contributed by atoms with Crippen molar-refractivity contribution in [1.29, 1.82) is 0 Å². The summed E-state index contributed by atoms with van der Waals surface area (Å²) in [7, 11) is 0. The molecule has 0 radical (unpaired) electrons. The van der Waals surface area contributed by atoms with E-state index in [1.54, 1.807) is 12.2 Å². The van der Waals surface area contributed by atoms with Crippen LogP contribution in [0, 0.1) is 0 Å². The Kier molecular flexibility index (Phi) is 3.46. The fourth-order valence-electron chi connectivity index (χ4n) is 1.67. The van der Waals surface area contributed by atoms with Crippen LogP contribution in [0.5, 0.6) is 0 Å². The molecule has 1 saturated heterocycles. The van der Waals surface area contributed by atoms with Gasteiger partial charge in [-0.05, 0) is 31.5 Å². The number of aliphatic hydroxyl groups is 1. The van der Waals surface area contributed by atoms with Gasteiger partial charge < -0.3 is 10.4 Å². The summed E-state index contributed by atoms with van der Waals surface area (Å²) in [6.07, 6.45) is 6.74. The average Bonchev–Trinajstić information content (AvgIpc) is 2.15. The summed E-state index contributed by atoms with van der Waals surface area (Å²) >= 11 is 0. The molecule has 2 N–H and O–H groups in total. The minimum absolute atomic E-state index is 0.693. The van der Waals surface area contributed by atoms with Gasteiger partial charge in [-0.1, -0.05) is 31.4 Å². The molecule has 0 atom stereocenters. The lowest BCUT2D eigenvalue weighted by molar-refractivity contribution is 0.0498. The van der Waals surface area contributed by atoms with Gasteiger partial charge in [0.2, 0.25) is 0 Å². The Hall–Kier alpha value is -0.860. The van der Waals surface area contributed by atoms with E-state index in [4.69, 9.17) is 0 Å². The van der Waals surface area contributed by atoms with E-state index < -0.39 is 5.60 Å². The minimum atomic E-state index is -0.693. The normalized spacial score (nSPS) is 22.4. The Morgan fingerprint density at radius 2 is 1.92 bits per heavy atom. The number of allylic oxidation sites excluding steroid dienone is 2. The van der Waals surface area contributed by atoms with Crippen molar-refractivity contribution in [1.82, 2.24) is 5.32 Å². The second kappa shape index (κ2) is 4.40. The van der Waals surface area contributed by atoms with E-state index in [9.17, 15) is 5.11 Å². The maximum atomic E-state index is 10.2. The van der Waals surface area contributed by atoms with Gasteiger partial charge in [-0.25, -0.2) is 0 Å². The van der Waals surface area contributed by atoms with Crippen LogP contribution in [-0.4, -0.2) is 23.8 Å². The van der Waals surface area contributed by atoms with Crippen LogP contribution < -0.4 is 5.32 Å². The van der Waals surface area contributed by atoms with Crippen LogP contribution in [0.2, 0.25) is 0 Å². The molecule has 0 unspecified atom stereocenters. The van der Waals surface area contributed by atoms with Gasteiger partial charge in [-0.15, -0.1) is 0 Å². The average molecular weight is 179 g/mol. The molecule has 0 aromatic carbocycles. The van der Waals surface area contributed by atoms with Gasteiger partial charge >= 0.3 is 0 Å². The molecule has 0 aliphatic carbocycles. The van der Waals surface area contributed by atoms with E-state index in [0.717, 1.165) is 31.5 Å². The van der Waals surface area contributed by atoms with Crippen molar-refractivity contribution in [3.05, 3.63) is 37.0 Å². The van der Waals surface area contributed by atoms with E-state index >= 15 is 0 Å². The van der Waals surface area contributed by atoms with Crippen molar-refractivity contribution in [3.63, 3.8) is 0 Å². The summed E-state index contributed by atoms with van der Waals surface area (Å²) < 4.78 is 0. The van der Waals surface area contributed by atoms with Gasteiger partial charge in [0.15, 0.2) is 0 Å². The zero-order valence-electron chi connectivity index (χ0n) is 7.92. The summed E-state index contributed by atoms with van der Waals surface area (Å²) in [4.78, 5) is 0. The van der Waals surface area contributed by atoms with E-state index in [2.05, 4.69) is 18.5 Å². The molecule has 0 bridgehead atoms. The fourth-order valence-corrected chi connectivity index (χ4v) is 1.67. The van der Waals surface area contributed by atoms with Gasteiger partial charge in [-0.3, -0.25) is 0 Å². The Labute approximate surface area is 79.7 Å². The topological polar surface area (TPSA) is 32.3 Å². The van der Waals surface area contributed by atoms with Crippen molar-refractivity contribution in [2.24, 2.45) is 0 Å². The van der Waals surface area contributed by atoms with E-state index in [1.807, 2.05) is 6.08 Å². The molecule has 2 nitrogen and oxygen atoms in total. The first-order valence-corrected chi connectivity index (χ1v) is 4.62. The Bertz CT molecular complexity index is 224. The van der Waals surface area contributed by atoms with Gasteiger partial charge in [0.1, 0.15) is 0 Å². The van der Waals surface area contributed by atoms with Crippen molar-refractivity contribution in [2.75, 3.05) is 13.1 Å². The second-order valence-corrected chi connectivity index (χ2v) is 3.34. The molecule has 0 amide bonds. The molecule has 0 saturated carbocycles. The molecule has 1 fully saturated rings. The first-order valence-electron chi connectivity index (χ1n) is 4.62. The smallest absolute Gasteiger partial charge is 0.0920 e. The SMILES string of the molecule is C=C/C=C(\C=C)C1(O)CCNCC1. The minimum Gasteiger partial charge on any atom is -0.385 e. The monoisotopic (exact) mass is 179 g/mol. The number of nitrogens with one attached hydrogen (secondary N) is 1. The van der Waals surface area contributed by atoms with E-state index in [-0.39, 0.29) is 0 Å². The van der Waals surface area contributed by atoms with Gasteiger partial charge in [-0.2, -0.15) is 0 Å². The molecule has 1 aliphatic heterocycles. The largest absolute Gasteiger partial charge is 0.385 e. The number of piperidine rings is 1. The first-order chi connectivity index (χ1) is 6.23. The third kappa shape index (κ3) is 2.29. The van der Waals surface area contributed by atoms with E-state index in [1.165, 1.54) is 0 Å². The quantitative estimate of drug-likeness (QED) is 0.642. The number of hydrogen-bond donors (Lipinski definition) is 2. The van der Waals surface area contributed by atoms with Crippen LogP contribution in [0.25, 0.3) is 0 Å². The molecule has 1 rings (SSSR count). The molecule has 72 valence electrons. The predicted molar refractivity (Wildman–Crippen MR) is 55.5 cm³/mol. The highest BCUT2D eigenvalue weighted by molar-refractivity contribution is 5.31. The molecule has 13 heavy (non-hydrogen) atoms. The lowest BCUT2D eigenvalue weighted by Crippen LogP contribution is -2.42. The number of hydrogen-bond acceptors (Lipinski definition) is 2. The molecule has 2 heteroatoms. The summed E-state index contributed by atoms with van der Waals surface area (Å²) in [6.45, 7) is 9.05. The lowest BCUT2D eigenvalue weighted by Gasteiger charge is -2.33. The highest BCUT2D eigenvalue weighted by Crippen LogP contribution is 2.27. The van der Waals surface area contributed by atoms with Crippen molar-refractivity contribution in [3.8, 4) is 0 Å². The Morgan fingerprint density at radius 3 is 2.38 bits per heavy atom. The maximum absolute atomic E-state index is 10.2. The van der Waals surface area contributed by atoms with E-state index in [0.29, 0.717) is 0 Å². The molecular formula is C11H17NO. The third-order valence-corrected chi connectivity index (χ3v) is 2.49. The highest BCUT2D eigenvalue weighted by atomic mass is 16.3. The maximum Gasteiger partial charge on any atom is 0.0920 e. The molecule has 1 aliphatic rings. The second-order valence-electron chi connectivity index (χ2n) is 3.34. The third-order valence-electron chi connectivity index (χ3n) is 2.49. The van der Waals surface area contributed by atoms with Gasteiger partial charge in [0.25, 0.3) is 0 Å². The van der Waals surface area contributed by atoms with Gasteiger partial charge in [0, 0.05) is 0 Å². The summed E-state index contributed by atoms with van der Waals surface area (Å²) in [6, 6.07) is 0. The van der Waals surface area contributed by atoms with Crippen molar-refractivity contribution < 1.29 is 5.11 Å². The fraction of sp³-hybridized carbons (Fsp3) is 0.455.